The molecule has 19 heavy (non-hydrogen) atoms. The second-order valence-corrected chi connectivity index (χ2v) is 7.51. The molecule has 0 aromatic heterocycles. The average molecular weight is 279 g/mol. The van der Waals surface area contributed by atoms with E-state index in [-0.39, 0.29) is 4.90 Å². The molecule has 0 aliphatic carbocycles. The zero-order valence-electron chi connectivity index (χ0n) is 11.5. The van der Waals surface area contributed by atoms with Gasteiger partial charge in [-0.1, -0.05) is 38.5 Å². The lowest BCUT2D eigenvalue weighted by Gasteiger charge is -2.20. The number of ketones is 1. The van der Waals surface area contributed by atoms with Gasteiger partial charge in [-0.3, -0.25) is 4.79 Å². The average Bonchev–Trinajstić information content (AvgIpc) is 2.28. The van der Waals surface area contributed by atoms with Gasteiger partial charge in [-0.05, 0) is 19.1 Å². The number of hydrogen-bond acceptors (Lipinski definition) is 4. The Morgan fingerprint density at radius 2 is 1.68 bits per heavy atom. The van der Waals surface area contributed by atoms with Crippen molar-refractivity contribution in [2.45, 2.75) is 37.8 Å². The van der Waals surface area contributed by atoms with Crippen molar-refractivity contribution < 1.29 is 13.2 Å². The molecule has 0 radical (unpaired) electrons. The Labute approximate surface area is 114 Å². The minimum atomic E-state index is -3.96. The van der Waals surface area contributed by atoms with Crippen molar-refractivity contribution in [1.82, 2.24) is 0 Å². The summed E-state index contributed by atoms with van der Waals surface area (Å²) in [7, 11) is -3.96. The largest absolute Gasteiger partial charge is 0.296 e. The Hall–Kier alpha value is -1.67. The van der Waals surface area contributed by atoms with Gasteiger partial charge in [0, 0.05) is 5.41 Å². The van der Waals surface area contributed by atoms with Gasteiger partial charge >= 0.3 is 0 Å². The summed E-state index contributed by atoms with van der Waals surface area (Å²) in [5.74, 6) is -0.587. The molecule has 0 heterocycles. The van der Waals surface area contributed by atoms with E-state index in [1.165, 1.54) is 12.1 Å². The topological polar surface area (TPSA) is 75.0 Å². The number of hydrogen-bond donors (Lipinski definition) is 0. The van der Waals surface area contributed by atoms with E-state index in [4.69, 9.17) is 5.26 Å². The Morgan fingerprint density at radius 3 is 2.05 bits per heavy atom. The number of carbonyl (C=O) groups is 1. The summed E-state index contributed by atoms with van der Waals surface area (Å²) < 4.78 is 24.6. The van der Waals surface area contributed by atoms with Crippen molar-refractivity contribution in [3.63, 3.8) is 0 Å². The van der Waals surface area contributed by atoms with Crippen LogP contribution in [0.3, 0.4) is 0 Å². The number of aryl methyl sites for hydroxylation is 1. The number of sulfone groups is 1. The summed E-state index contributed by atoms with van der Waals surface area (Å²) in [6.07, 6.45) is 0. The Bertz CT molecular complexity index is 616. The fourth-order valence-corrected chi connectivity index (χ4v) is 3.09. The van der Waals surface area contributed by atoms with E-state index in [2.05, 4.69) is 0 Å². The number of nitrogens with zero attached hydrogens (tertiary/aromatic N) is 1. The molecule has 102 valence electrons. The first-order valence-corrected chi connectivity index (χ1v) is 7.40. The van der Waals surface area contributed by atoms with Crippen molar-refractivity contribution in [1.29, 1.82) is 5.26 Å². The van der Waals surface area contributed by atoms with Crippen LogP contribution in [0, 0.1) is 23.7 Å². The van der Waals surface area contributed by atoms with Crippen molar-refractivity contribution in [2.75, 3.05) is 0 Å². The normalized spacial score (nSPS) is 13.6. The number of carbonyl (C=O) groups excluding carboxylic acids is 1. The van der Waals surface area contributed by atoms with E-state index in [1.54, 1.807) is 39.0 Å². The molecular weight excluding hydrogens is 262 g/mol. The van der Waals surface area contributed by atoms with Gasteiger partial charge in [-0.25, -0.2) is 8.42 Å². The Balaban J connectivity index is 3.29. The van der Waals surface area contributed by atoms with E-state index in [0.717, 1.165) is 5.56 Å². The number of benzene rings is 1. The summed E-state index contributed by atoms with van der Waals surface area (Å²) >= 11 is 0. The fraction of sp³-hybridized carbons (Fsp3) is 0.429. The maximum Gasteiger partial charge on any atom is 0.210 e. The summed E-state index contributed by atoms with van der Waals surface area (Å²) in [4.78, 5) is 12.1. The first kappa shape index (κ1) is 15.4. The van der Waals surface area contributed by atoms with Gasteiger partial charge in [0.05, 0.1) is 11.0 Å². The van der Waals surface area contributed by atoms with Crippen molar-refractivity contribution >= 4 is 15.6 Å². The number of nitriles is 1. The van der Waals surface area contributed by atoms with Gasteiger partial charge in [0.25, 0.3) is 0 Å². The summed E-state index contributed by atoms with van der Waals surface area (Å²) in [6, 6.07) is 7.75. The highest BCUT2D eigenvalue weighted by atomic mass is 32.2. The van der Waals surface area contributed by atoms with Crippen LogP contribution in [0.1, 0.15) is 26.3 Å². The first-order chi connectivity index (χ1) is 8.60. The van der Waals surface area contributed by atoms with Crippen LogP contribution >= 0.6 is 0 Å². The highest BCUT2D eigenvalue weighted by Crippen LogP contribution is 2.24. The third-order valence-electron chi connectivity index (χ3n) is 2.75. The van der Waals surface area contributed by atoms with E-state index in [0.29, 0.717) is 0 Å². The van der Waals surface area contributed by atoms with Crippen LogP contribution in [0.5, 0.6) is 0 Å². The third kappa shape index (κ3) is 3.21. The molecular formula is C14H17NO3S. The summed E-state index contributed by atoms with van der Waals surface area (Å²) in [5, 5.41) is 7.40. The lowest BCUT2D eigenvalue weighted by Crippen LogP contribution is -2.37. The van der Waals surface area contributed by atoms with Gasteiger partial charge in [0.1, 0.15) is 0 Å². The standard InChI is InChI=1S/C14H17NO3S/c1-10-5-7-11(8-6-10)19(17,18)12(9-15)13(16)14(2,3)4/h5-8,12H,1-4H3. The predicted octanol–water partition coefficient (Wildman–Crippen LogP) is 2.28. The molecule has 0 amide bonds. The van der Waals surface area contributed by atoms with Crippen molar-refractivity contribution in [3.05, 3.63) is 29.8 Å². The molecule has 0 spiro atoms. The van der Waals surface area contributed by atoms with Crippen LogP contribution in [-0.2, 0) is 14.6 Å². The second kappa shape index (κ2) is 5.14. The van der Waals surface area contributed by atoms with Crippen LogP contribution in [0.2, 0.25) is 0 Å². The molecule has 1 rings (SSSR count). The molecule has 0 N–H and O–H groups in total. The Morgan fingerprint density at radius 1 is 1.21 bits per heavy atom. The minimum Gasteiger partial charge on any atom is -0.296 e. The van der Waals surface area contributed by atoms with Gasteiger partial charge in [0.15, 0.2) is 5.78 Å². The van der Waals surface area contributed by atoms with Crippen LogP contribution in [0.25, 0.3) is 0 Å². The lowest BCUT2D eigenvalue weighted by atomic mass is 9.89. The molecule has 0 saturated carbocycles. The summed E-state index contributed by atoms with van der Waals surface area (Å²) in [5.41, 5.74) is 0.0349. The van der Waals surface area contributed by atoms with Gasteiger partial charge in [-0.2, -0.15) is 5.26 Å². The molecule has 0 aliphatic rings. The molecule has 4 nitrogen and oxygen atoms in total. The van der Waals surface area contributed by atoms with Crippen LogP contribution in [-0.4, -0.2) is 19.5 Å². The zero-order valence-corrected chi connectivity index (χ0v) is 12.3. The summed E-state index contributed by atoms with van der Waals surface area (Å²) in [6.45, 7) is 6.64. The molecule has 0 bridgehead atoms. The monoisotopic (exact) mass is 279 g/mol. The molecule has 1 unspecified atom stereocenters. The Kier molecular flexibility index (Phi) is 4.16. The highest BCUT2D eigenvalue weighted by Gasteiger charge is 2.39. The number of Topliss-reactive ketones (excluding diaryl/α,β-unsaturated/α-hetero) is 1. The maximum atomic E-state index is 12.3. The van der Waals surface area contributed by atoms with Crippen LogP contribution < -0.4 is 0 Å². The minimum absolute atomic E-state index is 0.00208. The third-order valence-corrected chi connectivity index (χ3v) is 4.62. The fourth-order valence-electron chi connectivity index (χ4n) is 1.53. The molecule has 5 heteroatoms. The van der Waals surface area contributed by atoms with E-state index in [9.17, 15) is 13.2 Å². The van der Waals surface area contributed by atoms with E-state index >= 15 is 0 Å². The van der Waals surface area contributed by atoms with Crippen molar-refractivity contribution in [2.24, 2.45) is 5.41 Å². The molecule has 0 fully saturated rings. The van der Waals surface area contributed by atoms with E-state index in [1.807, 2.05) is 6.92 Å². The number of rotatable bonds is 3. The smallest absolute Gasteiger partial charge is 0.210 e. The molecule has 1 aromatic carbocycles. The maximum absolute atomic E-state index is 12.3. The van der Waals surface area contributed by atoms with Gasteiger partial charge < -0.3 is 0 Å². The van der Waals surface area contributed by atoms with Crippen LogP contribution in [0.4, 0.5) is 0 Å². The molecule has 0 saturated heterocycles. The molecule has 1 aromatic rings. The predicted molar refractivity (Wildman–Crippen MR) is 72.2 cm³/mol. The quantitative estimate of drug-likeness (QED) is 0.850. The van der Waals surface area contributed by atoms with Crippen LogP contribution in [0.15, 0.2) is 29.2 Å². The van der Waals surface area contributed by atoms with E-state index < -0.39 is 26.3 Å². The van der Waals surface area contributed by atoms with Gasteiger partial charge in [0.2, 0.25) is 15.1 Å². The first-order valence-electron chi connectivity index (χ1n) is 5.85. The SMILES string of the molecule is Cc1ccc(S(=O)(=O)C(C#N)C(=O)C(C)(C)C)cc1. The lowest BCUT2D eigenvalue weighted by molar-refractivity contribution is -0.124. The molecule has 1 atom stereocenters. The second-order valence-electron chi connectivity index (χ2n) is 5.48. The van der Waals surface area contributed by atoms with Gasteiger partial charge in [-0.15, -0.1) is 0 Å². The van der Waals surface area contributed by atoms with Crippen molar-refractivity contribution in [3.8, 4) is 6.07 Å². The molecule has 0 aliphatic heterocycles. The highest BCUT2D eigenvalue weighted by molar-refractivity contribution is 7.93. The zero-order chi connectivity index (χ0) is 14.8.